The molecule has 1 aromatic heterocycles. The lowest BCUT2D eigenvalue weighted by molar-refractivity contribution is 0.531. The van der Waals surface area contributed by atoms with Crippen LogP contribution in [0.3, 0.4) is 0 Å². The minimum Gasteiger partial charge on any atom is -0.271 e. The van der Waals surface area contributed by atoms with Crippen molar-refractivity contribution in [2.75, 3.05) is 0 Å². The molecule has 1 aromatic carbocycles. The smallest absolute Gasteiger partial charge is 0.0675 e. The lowest BCUT2D eigenvalue weighted by Crippen LogP contribution is -2.31. The Morgan fingerprint density at radius 1 is 1.15 bits per heavy atom. The molecule has 0 aliphatic rings. The molecule has 106 valence electrons. The summed E-state index contributed by atoms with van der Waals surface area (Å²) in [6, 6.07) is 10.5. The second-order valence-electron chi connectivity index (χ2n) is 5.20. The van der Waals surface area contributed by atoms with Crippen LogP contribution in [-0.2, 0) is 12.8 Å². The summed E-state index contributed by atoms with van der Waals surface area (Å²) in [5, 5.41) is 0. The van der Waals surface area contributed by atoms with Crippen molar-refractivity contribution in [2.24, 2.45) is 5.84 Å². The summed E-state index contributed by atoms with van der Waals surface area (Å²) in [4.78, 5) is 4.53. The van der Waals surface area contributed by atoms with Crippen LogP contribution >= 0.6 is 0 Å². The number of aryl methyl sites for hydroxylation is 3. The number of pyridine rings is 1. The first-order valence-corrected chi connectivity index (χ1v) is 7.12. The molecule has 2 aromatic rings. The number of hydrazine groups is 1. The highest BCUT2D eigenvalue weighted by atomic mass is 15.2. The molecule has 1 unspecified atom stereocenters. The van der Waals surface area contributed by atoms with Crippen LogP contribution in [0.2, 0.25) is 0 Å². The van der Waals surface area contributed by atoms with Crippen molar-refractivity contribution in [1.82, 2.24) is 10.4 Å². The Bertz CT molecular complexity index is 558. The highest BCUT2D eigenvalue weighted by molar-refractivity contribution is 5.35. The summed E-state index contributed by atoms with van der Waals surface area (Å²) in [5.74, 6) is 5.79. The molecular weight excluding hydrogens is 246 g/mol. The Labute approximate surface area is 121 Å². The highest BCUT2D eigenvalue weighted by Crippen LogP contribution is 2.23. The van der Waals surface area contributed by atoms with E-state index in [9.17, 15) is 0 Å². The van der Waals surface area contributed by atoms with Crippen molar-refractivity contribution >= 4 is 0 Å². The maximum Gasteiger partial charge on any atom is 0.0675 e. The molecule has 20 heavy (non-hydrogen) atoms. The SMILES string of the molecule is CCc1cccnc1C(Cc1c(C)cccc1C)NN. The van der Waals surface area contributed by atoms with Crippen molar-refractivity contribution in [3.05, 3.63) is 64.5 Å². The Morgan fingerprint density at radius 3 is 2.45 bits per heavy atom. The average Bonchev–Trinajstić information content (AvgIpc) is 2.47. The van der Waals surface area contributed by atoms with Gasteiger partial charge in [-0.1, -0.05) is 31.2 Å². The monoisotopic (exact) mass is 269 g/mol. The predicted molar refractivity (Wildman–Crippen MR) is 83.3 cm³/mol. The summed E-state index contributed by atoms with van der Waals surface area (Å²) in [6.07, 6.45) is 3.66. The van der Waals surface area contributed by atoms with Gasteiger partial charge in [0.2, 0.25) is 0 Å². The summed E-state index contributed by atoms with van der Waals surface area (Å²) in [6.45, 7) is 6.44. The summed E-state index contributed by atoms with van der Waals surface area (Å²) < 4.78 is 0. The van der Waals surface area contributed by atoms with E-state index < -0.39 is 0 Å². The maximum atomic E-state index is 5.79. The average molecular weight is 269 g/mol. The van der Waals surface area contributed by atoms with Gasteiger partial charge < -0.3 is 0 Å². The molecule has 3 heteroatoms. The third-order valence-corrected chi connectivity index (χ3v) is 3.89. The summed E-state index contributed by atoms with van der Waals surface area (Å²) in [7, 11) is 0. The fourth-order valence-corrected chi connectivity index (χ4v) is 2.67. The molecule has 0 saturated heterocycles. The van der Waals surface area contributed by atoms with Crippen molar-refractivity contribution in [3.8, 4) is 0 Å². The zero-order valence-corrected chi connectivity index (χ0v) is 12.5. The summed E-state index contributed by atoms with van der Waals surface area (Å²) in [5.41, 5.74) is 9.20. The minimum absolute atomic E-state index is 0.0472. The van der Waals surface area contributed by atoms with E-state index in [1.807, 2.05) is 12.3 Å². The standard InChI is InChI=1S/C17H23N3/c1-4-14-9-6-10-19-17(14)16(20-18)11-15-12(2)7-5-8-13(15)3/h5-10,16,20H,4,11,18H2,1-3H3. The Kier molecular flexibility index (Phi) is 4.88. The first kappa shape index (κ1) is 14.7. The number of hydrogen-bond donors (Lipinski definition) is 2. The van der Waals surface area contributed by atoms with Gasteiger partial charge in [-0.3, -0.25) is 16.3 Å². The van der Waals surface area contributed by atoms with Gasteiger partial charge in [0.1, 0.15) is 0 Å². The molecular formula is C17H23N3. The number of nitrogens with one attached hydrogen (secondary N) is 1. The van der Waals surface area contributed by atoms with E-state index in [0.29, 0.717) is 0 Å². The van der Waals surface area contributed by atoms with Crippen LogP contribution < -0.4 is 11.3 Å². The molecule has 0 saturated carbocycles. The molecule has 0 radical (unpaired) electrons. The van der Waals surface area contributed by atoms with Crippen molar-refractivity contribution in [3.63, 3.8) is 0 Å². The van der Waals surface area contributed by atoms with E-state index in [1.165, 1.54) is 22.3 Å². The predicted octanol–water partition coefficient (Wildman–Crippen LogP) is 3.01. The quantitative estimate of drug-likeness (QED) is 0.648. The number of hydrogen-bond acceptors (Lipinski definition) is 3. The second kappa shape index (κ2) is 6.64. The number of rotatable bonds is 5. The molecule has 0 fully saturated rings. The number of nitrogens with zero attached hydrogens (tertiary/aromatic N) is 1. The third kappa shape index (κ3) is 3.06. The van der Waals surface area contributed by atoms with Crippen LogP contribution in [0.4, 0.5) is 0 Å². The zero-order valence-electron chi connectivity index (χ0n) is 12.5. The second-order valence-corrected chi connectivity index (χ2v) is 5.20. The van der Waals surface area contributed by atoms with Crippen LogP contribution in [0.1, 0.15) is 40.9 Å². The van der Waals surface area contributed by atoms with Gasteiger partial charge in [0.25, 0.3) is 0 Å². The number of benzene rings is 1. The summed E-state index contributed by atoms with van der Waals surface area (Å²) >= 11 is 0. The van der Waals surface area contributed by atoms with Crippen LogP contribution in [0.25, 0.3) is 0 Å². The Balaban J connectivity index is 2.34. The molecule has 0 amide bonds. The Hall–Kier alpha value is -1.71. The van der Waals surface area contributed by atoms with Gasteiger partial charge in [-0.25, -0.2) is 0 Å². The van der Waals surface area contributed by atoms with Gasteiger partial charge in [-0.15, -0.1) is 0 Å². The van der Waals surface area contributed by atoms with E-state index in [-0.39, 0.29) is 6.04 Å². The van der Waals surface area contributed by atoms with Crippen LogP contribution in [0, 0.1) is 13.8 Å². The normalized spacial score (nSPS) is 12.4. The van der Waals surface area contributed by atoms with Crippen molar-refractivity contribution in [2.45, 2.75) is 39.7 Å². The Morgan fingerprint density at radius 2 is 1.85 bits per heavy atom. The largest absolute Gasteiger partial charge is 0.271 e. The van der Waals surface area contributed by atoms with Gasteiger partial charge in [-0.2, -0.15) is 0 Å². The molecule has 1 atom stereocenters. The lowest BCUT2D eigenvalue weighted by atomic mass is 9.93. The van der Waals surface area contributed by atoms with E-state index in [0.717, 1.165) is 18.5 Å². The molecule has 3 nitrogen and oxygen atoms in total. The van der Waals surface area contributed by atoms with Crippen LogP contribution in [0.15, 0.2) is 36.5 Å². The van der Waals surface area contributed by atoms with Crippen molar-refractivity contribution in [1.29, 1.82) is 0 Å². The zero-order chi connectivity index (χ0) is 14.5. The van der Waals surface area contributed by atoms with Gasteiger partial charge >= 0.3 is 0 Å². The van der Waals surface area contributed by atoms with Gasteiger partial charge in [0, 0.05) is 6.20 Å². The molecule has 1 heterocycles. The molecule has 0 aliphatic heterocycles. The lowest BCUT2D eigenvalue weighted by Gasteiger charge is -2.20. The first-order valence-electron chi connectivity index (χ1n) is 7.12. The van der Waals surface area contributed by atoms with E-state index in [1.54, 1.807) is 0 Å². The van der Waals surface area contributed by atoms with Crippen LogP contribution in [-0.4, -0.2) is 4.98 Å². The molecule has 3 N–H and O–H groups in total. The van der Waals surface area contributed by atoms with Gasteiger partial charge in [0.05, 0.1) is 11.7 Å². The molecule has 0 spiro atoms. The first-order chi connectivity index (χ1) is 9.67. The van der Waals surface area contributed by atoms with Crippen LogP contribution in [0.5, 0.6) is 0 Å². The molecule has 0 bridgehead atoms. The van der Waals surface area contributed by atoms with E-state index >= 15 is 0 Å². The van der Waals surface area contributed by atoms with E-state index in [4.69, 9.17) is 5.84 Å². The maximum absolute atomic E-state index is 5.79. The van der Waals surface area contributed by atoms with Gasteiger partial charge in [-0.05, 0) is 55.0 Å². The number of nitrogens with two attached hydrogens (primary N) is 1. The third-order valence-electron chi connectivity index (χ3n) is 3.89. The topological polar surface area (TPSA) is 50.9 Å². The molecule has 0 aliphatic carbocycles. The number of aromatic nitrogens is 1. The molecule has 2 rings (SSSR count). The van der Waals surface area contributed by atoms with E-state index in [2.05, 4.69) is 55.4 Å². The fraction of sp³-hybridized carbons (Fsp3) is 0.353. The van der Waals surface area contributed by atoms with Crippen molar-refractivity contribution < 1.29 is 0 Å². The van der Waals surface area contributed by atoms with Gasteiger partial charge in [0.15, 0.2) is 0 Å². The minimum atomic E-state index is 0.0472. The highest BCUT2D eigenvalue weighted by Gasteiger charge is 2.17. The fourth-order valence-electron chi connectivity index (χ4n) is 2.67.